The highest BCUT2D eigenvalue weighted by Crippen LogP contribution is 2.13. The summed E-state index contributed by atoms with van der Waals surface area (Å²) in [5.74, 6) is 0.543. The van der Waals surface area contributed by atoms with Crippen LogP contribution in [0.15, 0.2) is 0 Å². The maximum atomic E-state index is 8.95. The molecule has 0 saturated carbocycles. The number of hydrogen-bond donors (Lipinski definition) is 2. The number of aliphatic hydroxyl groups is 1. The molecule has 0 unspecified atom stereocenters. The summed E-state index contributed by atoms with van der Waals surface area (Å²) in [6, 6.07) is 0.182. The van der Waals surface area contributed by atoms with Gasteiger partial charge in [0.25, 0.3) is 0 Å². The van der Waals surface area contributed by atoms with E-state index in [0.29, 0.717) is 12.5 Å². The summed E-state index contributed by atoms with van der Waals surface area (Å²) < 4.78 is 4.91. The van der Waals surface area contributed by atoms with Gasteiger partial charge in [0.2, 0.25) is 11.9 Å². The van der Waals surface area contributed by atoms with Gasteiger partial charge in [0.1, 0.15) is 0 Å². The summed E-state index contributed by atoms with van der Waals surface area (Å²) in [7, 11) is 1.47. The fourth-order valence-electron chi connectivity index (χ4n) is 1.30. The van der Waals surface area contributed by atoms with Gasteiger partial charge in [-0.1, -0.05) is 6.92 Å². The fourth-order valence-corrected chi connectivity index (χ4v) is 1.30. The molecule has 7 nitrogen and oxygen atoms in total. The van der Waals surface area contributed by atoms with Gasteiger partial charge in [-0.15, -0.1) is 0 Å². The summed E-state index contributed by atoms with van der Waals surface area (Å²) in [6.07, 6.45) is 0.925. The minimum Gasteiger partial charge on any atom is -0.467 e. The molecule has 0 aliphatic carbocycles. The van der Waals surface area contributed by atoms with Gasteiger partial charge in [-0.25, -0.2) is 0 Å². The molecular formula is C9H17N5O2. The number of hydrogen-bond acceptors (Lipinski definition) is 7. The Morgan fingerprint density at radius 3 is 2.62 bits per heavy atom. The molecule has 1 aromatic heterocycles. The standard InChI is InChI=1S/C9H17N5O2/c1-3-4-14(5-6-15)8-11-7(10)12-9(13-8)16-2/h15H,3-6H2,1-2H3,(H2,10,11,12,13). The molecule has 1 aromatic rings. The molecule has 16 heavy (non-hydrogen) atoms. The molecule has 0 spiro atoms. The molecule has 7 heteroatoms. The van der Waals surface area contributed by atoms with Crippen molar-refractivity contribution >= 4 is 11.9 Å². The number of rotatable bonds is 6. The minimum atomic E-state index is 0.0356. The lowest BCUT2D eigenvalue weighted by Crippen LogP contribution is -2.29. The number of ether oxygens (including phenoxy) is 1. The molecule has 3 N–H and O–H groups in total. The van der Waals surface area contributed by atoms with Crippen molar-refractivity contribution in [2.45, 2.75) is 13.3 Å². The molecule has 0 aromatic carbocycles. The third kappa shape index (κ3) is 3.20. The summed E-state index contributed by atoms with van der Waals surface area (Å²) in [5.41, 5.74) is 5.53. The summed E-state index contributed by atoms with van der Waals surface area (Å²) in [5, 5.41) is 8.95. The molecule has 0 radical (unpaired) electrons. The van der Waals surface area contributed by atoms with Gasteiger partial charge in [-0.3, -0.25) is 0 Å². The Morgan fingerprint density at radius 2 is 2.06 bits per heavy atom. The van der Waals surface area contributed by atoms with Gasteiger partial charge in [-0.05, 0) is 6.42 Å². The van der Waals surface area contributed by atoms with Crippen molar-refractivity contribution in [2.75, 3.05) is 37.4 Å². The van der Waals surface area contributed by atoms with E-state index in [2.05, 4.69) is 15.0 Å². The molecule has 0 aliphatic heterocycles. The van der Waals surface area contributed by atoms with E-state index in [-0.39, 0.29) is 18.6 Å². The van der Waals surface area contributed by atoms with Crippen molar-refractivity contribution in [3.63, 3.8) is 0 Å². The van der Waals surface area contributed by atoms with E-state index in [1.165, 1.54) is 7.11 Å². The molecule has 1 rings (SSSR count). The first-order valence-electron chi connectivity index (χ1n) is 5.12. The fraction of sp³-hybridized carbons (Fsp3) is 0.667. The second kappa shape index (κ2) is 6.06. The van der Waals surface area contributed by atoms with Crippen LogP contribution in [0.3, 0.4) is 0 Å². The Hall–Kier alpha value is -1.63. The van der Waals surface area contributed by atoms with E-state index in [1.807, 2.05) is 11.8 Å². The monoisotopic (exact) mass is 227 g/mol. The topological polar surface area (TPSA) is 97.4 Å². The molecule has 0 atom stereocenters. The van der Waals surface area contributed by atoms with Crippen LogP contribution in [-0.2, 0) is 0 Å². The van der Waals surface area contributed by atoms with E-state index in [1.54, 1.807) is 0 Å². The van der Waals surface area contributed by atoms with Crippen LogP contribution in [0.1, 0.15) is 13.3 Å². The average molecular weight is 227 g/mol. The number of methoxy groups -OCH3 is 1. The second-order valence-electron chi connectivity index (χ2n) is 3.19. The Labute approximate surface area is 94.3 Å². The number of nitrogens with two attached hydrogens (primary N) is 1. The van der Waals surface area contributed by atoms with Crippen LogP contribution in [0, 0.1) is 0 Å². The lowest BCUT2D eigenvalue weighted by atomic mass is 10.4. The van der Waals surface area contributed by atoms with Crippen molar-refractivity contribution in [3.05, 3.63) is 0 Å². The zero-order valence-electron chi connectivity index (χ0n) is 9.55. The van der Waals surface area contributed by atoms with Crippen LogP contribution >= 0.6 is 0 Å². The van der Waals surface area contributed by atoms with Crippen molar-refractivity contribution in [3.8, 4) is 6.01 Å². The van der Waals surface area contributed by atoms with E-state index in [0.717, 1.165) is 13.0 Å². The van der Waals surface area contributed by atoms with Crippen molar-refractivity contribution < 1.29 is 9.84 Å². The predicted molar refractivity (Wildman–Crippen MR) is 60.4 cm³/mol. The zero-order valence-corrected chi connectivity index (χ0v) is 9.55. The van der Waals surface area contributed by atoms with E-state index in [4.69, 9.17) is 15.6 Å². The lowest BCUT2D eigenvalue weighted by Gasteiger charge is -2.20. The highest BCUT2D eigenvalue weighted by Gasteiger charge is 2.11. The third-order valence-electron chi connectivity index (χ3n) is 1.95. The number of nitrogens with zero attached hydrogens (tertiary/aromatic N) is 4. The molecule has 0 bridgehead atoms. The van der Waals surface area contributed by atoms with E-state index in [9.17, 15) is 0 Å². The highest BCUT2D eigenvalue weighted by atomic mass is 16.5. The Kier molecular flexibility index (Phi) is 4.71. The quantitative estimate of drug-likeness (QED) is 0.686. The average Bonchev–Trinajstić information content (AvgIpc) is 2.28. The number of aliphatic hydroxyl groups excluding tert-OH is 1. The Balaban J connectivity index is 2.93. The Morgan fingerprint density at radius 1 is 1.31 bits per heavy atom. The molecule has 0 fully saturated rings. The number of aromatic nitrogens is 3. The van der Waals surface area contributed by atoms with Crippen LogP contribution in [0.5, 0.6) is 6.01 Å². The summed E-state index contributed by atoms with van der Waals surface area (Å²) in [4.78, 5) is 13.7. The molecule has 1 heterocycles. The van der Waals surface area contributed by atoms with Gasteiger partial charge in [0, 0.05) is 13.1 Å². The van der Waals surface area contributed by atoms with Crippen molar-refractivity contribution in [1.82, 2.24) is 15.0 Å². The van der Waals surface area contributed by atoms with Gasteiger partial charge >= 0.3 is 6.01 Å². The second-order valence-corrected chi connectivity index (χ2v) is 3.19. The molecular weight excluding hydrogens is 210 g/mol. The first-order chi connectivity index (χ1) is 7.71. The third-order valence-corrected chi connectivity index (χ3v) is 1.95. The van der Waals surface area contributed by atoms with Gasteiger partial charge in [0.15, 0.2) is 0 Å². The summed E-state index contributed by atoms with van der Waals surface area (Å²) >= 11 is 0. The van der Waals surface area contributed by atoms with Crippen LogP contribution < -0.4 is 15.4 Å². The largest absolute Gasteiger partial charge is 0.467 e. The summed E-state index contributed by atoms with van der Waals surface area (Å²) in [6.45, 7) is 3.27. The van der Waals surface area contributed by atoms with Crippen LogP contribution in [0.4, 0.5) is 11.9 Å². The maximum absolute atomic E-state index is 8.95. The van der Waals surface area contributed by atoms with E-state index < -0.39 is 0 Å². The first-order valence-corrected chi connectivity index (χ1v) is 5.12. The molecule has 90 valence electrons. The van der Waals surface area contributed by atoms with Gasteiger partial charge in [0.05, 0.1) is 13.7 Å². The normalized spacial score (nSPS) is 10.2. The highest BCUT2D eigenvalue weighted by molar-refractivity contribution is 5.35. The maximum Gasteiger partial charge on any atom is 0.322 e. The van der Waals surface area contributed by atoms with Gasteiger partial charge < -0.3 is 20.5 Å². The molecule has 0 amide bonds. The van der Waals surface area contributed by atoms with Crippen LogP contribution in [0.2, 0.25) is 0 Å². The zero-order chi connectivity index (χ0) is 12.0. The van der Waals surface area contributed by atoms with Crippen LogP contribution in [-0.4, -0.2) is 46.9 Å². The van der Waals surface area contributed by atoms with Gasteiger partial charge in [-0.2, -0.15) is 15.0 Å². The van der Waals surface area contributed by atoms with E-state index >= 15 is 0 Å². The van der Waals surface area contributed by atoms with Crippen molar-refractivity contribution in [1.29, 1.82) is 0 Å². The SMILES string of the molecule is CCCN(CCO)c1nc(N)nc(OC)n1. The molecule has 0 aliphatic rings. The first kappa shape index (κ1) is 12.4. The lowest BCUT2D eigenvalue weighted by molar-refractivity contribution is 0.300. The smallest absolute Gasteiger partial charge is 0.322 e. The number of nitrogen functional groups attached to an aromatic ring is 1. The predicted octanol–water partition coefficient (Wildman–Crippen LogP) is -0.329. The van der Waals surface area contributed by atoms with Crippen LogP contribution in [0.25, 0.3) is 0 Å². The van der Waals surface area contributed by atoms with Crippen molar-refractivity contribution in [2.24, 2.45) is 0 Å². The molecule has 0 saturated heterocycles. The Bertz CT molecular complexity index is 328. The minimum absolute atomic E-state index is 0.0356. The number of anilines is 2.